The summed E-state index contributed by atoms with van der Waals surface area (Å²) in [5.74, 6) is -0.603. The Hall–Kier alpha value is -2.63. The van der Waals surface area contributed by atoms with Crippen LogP contribution in [0.4, 0.5) is 21.6 Å². The first kappa shape index (κ1) is 17.2. The van der Waals surface area contributed by atoms with Crippen molar-refractivity contribution in [3.8, 4) is 0 Å². The SMILES string of the molecule is O=C(Nc1ccc(Nc2cccc(Cl)c2Cl)nc1)c1ccccc1F. The highest BCUT2D eigenvalue weighted by atomic mass is 35.5. The van der Waals surface area contributed by atoms with Gasteiger partial charge in [-0.05, 0) is 36.4 Å². The lowest BCUT2D eigenvalue weighted by Crippen LogP contribution is -2.13. The lowest BCUT2D eigenvalue weighted by Gasteiger charge is -2.10. The van der Waals surface area contributed by atoms with E-state index in [1.165, 1.54) is 24.4 Å². The van der Waals surface area contributed by atoms with Gasteiger partial charge in [-0.25, -0.2) is 9.37 Å². The Morgan fingerprint density at radius 2 is 1.80 bits per heavy atom. The molecule has 0 fully saturated rings. The van der Waals surface area contributed by atoms with Gasteiger partial charge in [-0.1, -0.05) is 41.4 Å². The number of amides is 1. The third-order valence-electron chi connectivity index (χ3n) is 3.35. The first-order valence-electron chi connectivity index (χ1n) is 7.27. The van der Waals surface area contributed by atoms with E-state index in [0.717, 1.165) is 0 Å². The average molecular weight is 376 g/mol. The molecule has 0 aliphatic carbocycles. The van der Waals surface area contributed by atoms with Gasteiger partial charge in [0.05, 0.1) is 33.2 Å². The molecule has 25 heavy (non-hydrogen) atoms. The highest BCUT2D eigenvalue weighted by Gasteiger charge is 2.11. The minimum atomic E-state index is -0.582. The van der Waals surface area contributed by atoms with Crippen molar-refractivity contribution in [1.29, 1.82) is 0 Å². The number of rotatable bonds is 4. The van der Waals surface area contributed by atoms with Crippen LogP contribution in [-0.4, -0.2) is 10.9 Å². The van der Waals surface area contributed by atoms with E-state index in [1.807, 2.05) is 0 Å². The van der Waals surface area contributed by atoms with Crippen molar-refractivity contribution in [2.75, 3.05) is 10.6 Å². The van der Waals surface area contributed by atoms with Gasteiger partial charge in [0.25, 0.3) is 5.91 Å². The molecule has 1 amide bonds. The molecule has 0 bridgehead atoms. The van der Waals surface area contributed by atoms with Crippen LogP contribution in [0.5, 0.6) is 0 Å². The highest BCUT2D eigenvalue weighted by molar-refractivity contribution is 6.43. The van der Waals surface area contributed by atoms with Crippen molar-refractivity contribution in [2.24, 2.45) is 0 Å². The number of nitrogens with one attached hydrogen (secondary N) is 2. The predicted octanol–water partition coefficient (Wildman–Crippen LogP) is 5.52. The molecule has 0 radical (unpaired) electrons. The van der Waals surface area contributed by atoms with E-state index in [-0.39, 0.29) is 5.56 Å². The van der Waals surface area contributed by atoms with E-state index in [9.17, 15) is 9.18 Å². The smallest absolute Gasteiger partial charge is 0.258 e. The quantitative estimate of drug-likeness (QED) is 0.630. The maximum absolute atomic E-state index is 13.6. The molecule has 2 N–H and O–H groups in total. The van der Waals surface area contributed by atoms with Crippen molar-refractivity contribution in [3.63, 3.8) is 0 Å². The van der Waals surface area contributed by atoms with E-state index < -0.39 is 11.7 Å². The zero-order valence-electron chi connectivity index (χ0n) is 12.8. The summed E-state index contributed by atoms with van der Waals surface area (Å²) in [6.07, 6.45) is 1.46. The number of hydrogen-bond acceptors (Lipinski definition) is 3. The monoisotopic (exact) mass is 375 g/mol. The van der Waals surface area contributed by atoms with E-state index in [4.69, 9.17) is 23.2 Å². The molecule has 0 aliphatic heterocycles. The van der Waals surface area contributed by atoms with Gasteiger partial charge >= 0.3 is 0 Å². The largest absolute Gasteiger partial charge is 0.339 e. The second-order valence-corrected chi connectivity index (χ2v) is 5.88. The summed E-state index contributed by atoms with van der Waals surface area (Å²) in [5, 5.41) is 6.45. The molecule has 2 aromatic carbocycles. The van der Waals surface area contributed by atoms with Gasteiger partial charge in [0.1, 0.15) is 11.6 Å². The molecule has 0 saturated carbocycles. The maximum atomic E-state index is 13.6. The number of hydrogen-bond donors (Lipinski definition) is 2. The fourth-order valence-electron chi connectivity index (χ4n) is 2.12. The molecule has 4 nitrogen and oxygen atoms in total. The fraction of sp³-hybridized carbons (Fsp3) is 0. The molecule has 0 spiro atoms. The van der Waals surface area contributed by atoms with Gasteiger partial charge in [0, 0.05) is 0 Å². The number of pyridine rings is 1. The summed E-state index contributed by atoms with van der Waals surface area (Å²) in [5.41, 5.74) is 1.02. The Kier molecular flexibility index (Phi) is 5.16. The molecule has 0 saturated heterocycles. The van der Waals surface area contributed by atoms with Crippen LogP contribution in [0.25, 0.3) is 0 Å². The van der Waals surface area contributed by atoms with Crippen molar-refractivity contribution in [1.82, 2.24) is 4.98 Å². The van der Waals surface area contributed by atoms with E-state index >= 15 is 0 Å². The van der Waals surface area contributed by atoms with Crippen LogP contribution in [-0.2, 0) is 0 Å². The van der Waals surface area contributed by atoms with Crippen LogP contribution in [0.2, 0.25) is 10.0 Å². The Bertz CT molecular complexity index is 916. The van der Waals surface area contributed by atoms with Crippen molar-refractivity contribution in [3.05, 3.63) is 82.2 Å². The van der Waals surface area contributed by atoms with Crippen LogP contribution >= 0.6 is 23.2 Å². The van der Waals surface area contributed by atoms with Crippen LogP contribution < -0.4 is 10.6 Å². The first-order chi connectivity index (χ1) is 12.0. The number of aromatic nitrogens is 1. The number of benzene rings is 2. The van der Waals surface area contributed by atoms with Gasteiger partial charge in [-0.15, -0.1) is 0 Å². The van der Waals surface area contributed by atoms with Gasteiger partial charge in [-0.2, -0.15) is 0 Å². The molecule has 1 aromatic heterocycles. The number of carbonyl (C=O) groups is 1. The average Bonchev–Trinajstić information content (AvgIpc) is 2.61. The van der Waals surface area contributed by atoms with Crippen LogP contribution in [0.3, 0.4) is 0 Å². The summed E-state index contributed by atoms with van der Waals surface area (Å²) in [6, 6.07) is 14.3. The Balaban J connectivity index is 1.71. The second kappa shape index (κ2) is 7.51. The maximum Gasteiger partial charge on any atom is 0.258 e. The number of halogens is 3. The third kappa shape index (κ3) is 4.07. The van der Waals surface area contributed by atoms with E-state index in [1.54, 1.807) is 36.4 Å². The molecular formula is C18H12Cl2FN3O. The van der Waals surface area contributed by atoms with Gasteiger partial charge in [0.15, 0.2) is 0 Å². The zero-order chi connectivity index (χ0) is 17.8. The van der Waals surface area contributed by atoms with Crippen molar-refractivity contribution >= 4 is 46.3 Å². The molecular weight excluding hydrogens is 364 g/mol. The Labute approximate surface area is 153 Å². The van der Waals surface area contributed by atoms with Gasteiger partial charge in [-0.3, -0.25) is 4.79 Å². The summed E-state index contributed by atoms with van der Waals surface area (Å²) >= 11 is 12.1. The second-order valence-electron chi connectivity index (χ2n) is 5.09. The number of carbonyl (C=O) groups excluding carboxylic acids is 1. The van der Waals surface area contributed by atoms with Crippen LogP contribution in [0, 0.1) is 5.82 Å². The van der Waals surface area contributed by atoms with E-state index in [0.29, 0.717) is 27.2 Å². The Morgan fingerprint density at radius 3 is 2.52 bits per heavy atom. The minimum Gasteiger partial charge on any atom is -0.339 e. The standard InChI is InChI=1S/C18H12Cl2FN3O/c19-13-5-3-7-15(17(13)20)24-16-9-8-11(10-22-16)23-18(25)12-4-1-2-6-14(12)21/h1-10H,(H,22,24)(H,23,25). The topological polar surface area (TPSA) is 54.0 Å². The molecule has 3 rings (SSSR count). The highest BCUT2D eigenvalue weighted by Crippen LogP contribution is 2.31. The summed E-state index contributed by atoms with van der Waals surface area (Å²) in [6.45, 7) is 0. The van der Waals surface area contributed by atoms with Gasteiger partial charge in [0.2, 0.25) is 0 Å². The molecule has 7 heteroatoms. The summed E-state index contributed by atoms with van der Waals surface area (Å²) in [4.78, 5) is 16.3. The number of anilines is 3. The molecule has 3 aromatic rings. The normalized spacial score (nSPS) is 10.4. The summed E-state index contributed by atoms with van der Waals surface area (Å²) in [7, 11) is 0. The lowest BCUT2D eigenvalue weighted by molar-refractivity contribution is 0.102. The predicted molar refractivity (Wildman–Crippen MR) is 98.3 cm³/mol. The minimum absolute atomic E-state index is 0.0320. The molecule has 0 unspecified atom stereocenters. The molecule has 0 atom stereocenters. The molecule has 126 valence electrons. The zero-order valence-corrected chi connectivity index (χ0v) is 14.3. The van der Waals surface area contributed by atoms with E-state index in [2.05, 4.69) is 15.6 Å². The summed E-state index contributed by atoms with van der Waals surface area (Å²) < 4.78 is 13.6. The van der Waals surface area contributed by atoms with Gasteiger partial charge < -0.3 is 10.6 Å². The Morgan fingerprint density at radius 1 is 1.00 bits per heavy atom. The first-order valence-corrected chi connectivity index (χ1v) is 8.03. The fourth-order valence-corrected chi connectivity index (χ4v) is 2.47. The van der Waals surface area contributed by atoms with Crippen LogP contribution in [0.1, 0.15) is 10.4 Å². The van der Waals surface area contributed by atoms with Crippen molar-refractivity contribution < 1.29 is 9.18 Å². The lowest BCUT2D eigenvalue weighted by atomic mass is 10.2. The number of nitrogens with zero attached hydrogens (tertiary/aromatic N) is 1. The van der Waals surface area contributed by atoms with Crippen LogP contribution in [0.15, 0.2) is 60.8 Å². The van der Waals surface area contributed by atoms with Crippen molar-refractivity contribution in [2.45, 2.75) is 0 Å². The molecule has 0 aliphatic rings. The molecule has 1 heterocycles. The third-order valence-corrected chi connectivity index (χ3v) is 4.17.